The molecule has 2 aliphatic heterocycles. The molecule has 12 amide bonds. The molecular weight excluding hydrogens is 1230 g/mol. The summed E-state index contributed by atoms with van der Waals surface area (Å²) in [5.74, 6) is -11.0. The molecule has 548 valence electrons. The second kappa shape index (κ2) is 39.0. The fourth-order valence-corrected chi connectivity index (χ4v) is 13.0. The Morgan fingerprint density at radius 1 is 0.521 bits per heavy atom. The molecule has 0 bridgehead atoms. The van der Waals surface area contributed by atoms with Gasteiger partial charge >= 0.3 is 0 Å². The van der Waals surface area contributed by atoms with Crippen LogP contribution in [0.4, 0.5) is 0 Å². The number of aliphatic hydroxyl groups excluding tert-OH is 1. The SMILES string of the molecule is C/C=C/C[C@@H](C)[C@@H](O)[C@H]1C(=O)N[C@@H](CC)C(=O)N(C)[C@H](C)C(=O)N(C)[C@@H]([C@H](C)CCCN2CCC(C(N)=O)CC2)C(=O)N[C@@H](C(C)C)C(=O)N(C)[C@@H](CC(C)C)C(=O)N[C@@H](C)C(=O)N[C@H](C)C(=O)N(C)[C@@H](CC(C)C)C(=O)N(C)[C@@H](CC(C)C)C(=O)N(C)[C@@H](C(C)C)C(=O)N1C. The summed E-state index contributed by atoms with van der Waals surface area (Å²) in [6, 6.07) is -14.0. The fourth-order valence-electron chi connectivity index (χ4n) is 13.0. The highest BCUT2D eigenvalue weighted by atomic mass is 16.3. The van der Waals surface area contributed by atoms with Crippen molar-refractivity contribution in [2.75, 3.05) is 69.0 Å². The minimum atomic E-state index is -1.64. The lowest BCUT2D eigenvalue weighted by Crippen LogP contribution is -2.64. The summed E-state index contributed by atoms with van der Waals surface area (Å²) in [5.41, 5.74) is 5.61. The highest BCUT2D eigenvalue weighted by Crippen LogP contribution is 2.27. The van der Waals surface area contributed by atoms with Crippen molar-refractivity contribution in [3.63, 3.8) is 0 Å². The van der Waals surface area contributed by atoms with Gasteiger partial charge in [0.2, 0.25) is 70.9 Å². The maximum Gasteiger partial charge on any atom is 0.246 e. The molecule has 96 heavy (non-hydrogen) atoms. The van der Waals surface area contributed by atoms with E-state index in [0.29, 0.717) is 51.7 Å². The normalized spacial score (nSPS) is 27.6. The molecule has 0 radical (unpaired) electrons. The predicted molar refractivity (Wildman–Crippen MR) is 370 cm³/mol. The number of carbonyl (C=O) groups excluding carboxylic acids is 12. The van der Waals surface area contributed by atoms with Crippen LogP contribution in [0.5, 0.6) is 0 Å². The van der Waals surface area contributed by atoms with Crippen molar-refractivity contribution in [2.24, 2.45) is 53.1 Å². The van der Waals surface area contributed by atoms with Crippen molar-refractivity contribution in [1.29, 1.82) is 0 Å². The van der Waals surface area contributed by atoms with Gasteiger partial charge in [0.1, 0.15) is 66.5 Å². The third-order valence-corrected chi connectivity index (χ3v) is 19.5. The summed E-state index contributed by atoms with van der Waals surface area (Å²) in [6.45, 7) is 31.4. The van der Waals surface area contributed by atoms with Crippen molar-refractivity contribution in [3.8, 4) is 0 Å². The molecule has 2 fully saturated rings. The van der Waals surface area contributed by atoms with Crippen LogP contribution in [-0.4, -0.2) is 257 Å². The molecule has 26 nitrogen and oxygen atoms in total. The third-order valence-electron chi connectivity index (χ3n) is 19.5. The Morgan fingerprint density at radius 3 is 1.46 bits per heavy atom. The van der Waals surface area contributed by atoms with E-state index in [1.54, 1.807) is 60.6 Å². The zero-order valence-corrected chi connectivity index (χ0v) is 62.7. The number of likely N-dealkylation sites (N-methyl/N-ethyl adjacent to an activating group) is 7. The quantitative estimate of drug-likeness (QED) is 0.101. The first kappa shape index (κ1) is 85.4. The van der Waals surface area contributed by atoms with E-state index in [1.165, 1.54) is 94.6 Å². The Morgan fingerprint density at radius 2 is 0.979 bits per heavy atom. The number of hydrogen-bond donors (Lipinski definition) is 6. The monoisotopic (exact) mass is 1360 g/mol. The van der Waals surface area contributed by atoms with Gasteiger partial charge in [0.05, 0.1) is 6.10 Å². The summed E-state index contributed by atoms with van der Waals surface area (Å²) in [6.07, 6.45) is 4.98. The molecule has 0 aromatic rings. The molecule has 0 saturated carbocycles. The molecule has 2 aliphatic rings. The first-order valence-electron chi connectivity index (χ1n) is 34.9. The predicted octanol–water partition coefficient (Wildman–Crippen LogP) is 3.22. The van der Waals surface area contributed by atoms with Gasteiger partial charge in [-0.2, -0.15) is 0 Å². The average Bonchev–Trinajstić information content (AvgIpc) is 0.806. The molecule has 0 aromatic carbocycles. The van der Waals surface area contributed by atoms with E-state index in [9.17, 15) is 33.9 Å². The number of amides is 12. The molecule has 2 rings (SSSR count). The fraction of sp³-hybridized carbons (Fsp3) is 0.800. The number of hydrogen-bond acceptors (Lipinski definition) is 14. The van der Waals surface area contributed by atoms with Crippen molar-refractivity contribution in [1.82, 2.24) is 60.5 Å². The third kappa shape index (κ3) is 23.2. The highest BCUT2D eigenvalue weighted by Gasteiger charge is 2.46. The van der Waals surface area contributed by atoms with E-state index in [2.05, 4.69) is 26.2 Å². The first-order valence-corrected chi connectivity index (χ1v) is 34.9. The van der Waals surface area contributed by atoms with Crippen molar-refractivity contribution < 1.29 is 62.6 Å². The summed E-state index contributed by atoms with van der Waals surface area (Å²) < 4.78 is 0. The van der Waals surface area contributed by atoms with Gasteiger partial charge in [0, 0.05) is 55.3 Å². The van der Waals surface area contributed by atoms with Crippen LogP contribution in [-0.2, 0) is 57.5 Å². The van der Waals surface area contributed by atoms with Gasteiger partial charge < -0.3 is 71.3 Å². The van der Waals surface area contributed by atoms with E-state index in [4.69, 9.17) is 5.73 Å². The number of nitrogens with one attached hydrogen (secondary N) is 4. The topological polar surface area (TPSA) is 325 Å². The minimum Gasteiger partial charge on any atom is -0.390 e. The van der Waals surface area contributed by atoms with Gasteiger partial charge in [-0.3, -0.25) is 57.5 Å². The van der Waals surface area contributed by atoms with E-state index < -0.39 is 161 Å². The van der Waals surface area contributed by atoms with Crippen molar-refractivity contribution in [2.45, 2.75) is 248 Å². The van der Waals surface area contributed by atoms with Gasteiger partial charge in [-0.25, -0.2) is 0 Å². The summed E-state index contributed by atoms with van der Waals surface area (Å²) in [5, 5.41) is 23.4. The van der Waals surface area contributed by atoms with Crippen LogP contribution in [0.15, 0.2) is 12.2 Å². The van der Waals surface area contributed by atoms with Crippen LogP contribution < -0.4 is 27.0 Å². The molecule has 2 heterocycles. The minimum absolute atomic E-state index is 0.00827. The Labute approximate surface area is 574 Å². The number of rotatable bonds is 19. The molecule has 2 saturated heterocycles. The summed E-state index contributed by atoms with van der Waals surface area (Å²) >= 11 is 0. The standard InChI is InChI=1S/C70H125N13O13/c1-25-27-29-45(14)58(84)57-63(89)74-50(26-2)66(92)76(18)48(17)65(91)81(23)56(44(13)30-28-33-83-34-31-49(32-35-83)59(71)85)62(88)75-54(42(9)10)69(95)77(19)51(36-39(3)4)61(87)72-46(15)60(86)73-47(16)64(90)78(20)52(37-40(5)6)67(93)79(21)53(38-41(7)8)68(94)80(22)55(43(11)12)70(96)82(57)24/h25,27,39-58,84H,26,28-38H2,1-24H3,(H2,71,85)(H,72,87)(H,73,86)(H,74,89)(H,75,88)/b27-25+/t44-,45-,46+,47-,48-,50+,51+,52+,53+,54+,55+,56+,57+,58-/m1/s1. The lowest BCUT2D eigenvalue weighted by atomic mass is 9.91. The van der Waals surface area contributed by atoms with E-state index in [-0.39, 0.29) is 55.3 Å². The van der Waals surface area contributed by atoms with Crippen LogP contribution >= 0.6 is 0 Å². The maximum atomic E-state index is 15.3. The van der Waals surface area contributed by atoms with Crippen molar-refractivity contribution >= 4 is 70.9 Å². The summed E-state index contributed by atoms with van der Waals surface area (Å²) in [7, 11) is 9.96. The Kier molecular flexibility index (Phi) is 34.7. The summed E-state index contributed by atoms with van der Waals surface area (Å²) in [4.78, 5) is 186. The first-order chi connectivity index (χ1) is 44.5. The Hall–Kier alpha value is -6.70. The average molecular weight is 1360 g/mol. The lowest BCUT2D eigenvalue weighted by molar-refractivity contribution is -0.157. The number of nitrogens with two attached hydrogens (primary N) is 1. The smallest absolute Gasteiger partial charge is 0.246 e. The zero-order chi connectivity index (χ0) is 73.8. The highest BCUT2D eigenvalue weighted by molar-refractivity contribution is 6.00. The van der Waals surface area contributed by atoms with E-state index >= 15 is 28.8 Å². The number of primary amides is 1. The zero-order valence-electron chi connectivity index (χ0n) is 62.7. The van der Waals surface area contributed by atoms with Crippen LogP contribution in [0.2, 0.25) is 0 Å². The molecule has 0 spiro atoms. The molecule has 0 unspecified atom stereocenters. The molecule has 0 aliphatic carbocycles. The van der Waals surface area contributed by atoms with Gasteiger partial charge in [-0.15, -0.1) is 0 Å². The molecule has 7 N–H and O–H groups in total. The van der Waals surface area contributed by atoms with E-state index in [1.807, 2.05) is 48.5 Å². The Bertz CT molecular complexity index is 2680. The van der Waals surface area contributed by atoms with E-state index in [0.717, 1.165) is 9.80 Å². The Balaban J connectivity index is 3.03. The molecule has 14 atom stereocenters. The molecule has 0 aromatic heterocycles. The van der Waals surface area contributed by atoms with Crippen LogP contribution in [0.1, 0.15) is 175 Å². The number of likely N-dealkylation sites (tertiary alicyclic amines) is 1. The number of allylic oxidation sites excluding steroid dienone is 2. The number of carbonyl (C=O) groups is 12. The van der Waals surface area contributed by atoms with Gasteiger partial charge in [0.25, 0.3) is 0 Å². The van der Waals surface area contributed by atoms with Crippen LogP contribution in [0.25, 0.3) is 0 Å². The van der Waals surface area contributed by atoms with Gasteiger partial charge in [-0.05, 0) is 147 Å². The lowest BCUT2D eigenvalue weighted by Gasteiger charge is -2.41. The number of piperidine rings is 1. The number of aliphatic hydroxyl groups is 1. The maximum absolute atomic E-state index is 15.3. The van der Waals surface area contributed by atoms with Crippen LogP contribution in [0.3, 0.4) is 0 Å². The van der Waals surface area contributed by atoms with Crippen LogP contribution in [0, 0.1) is 47.3 Å². The molecular formula is C70H125N13O13. The van der Waals surface area contributed by atoms with Gasteiger partial charge in [-0.1, -0.05) is 102 Å². The second-order valence-electron chi connectivity index (χ2n) is 29.4. The second-order valence-corrected chi connectivity index (χ2v) is 29.4. The number of nitrogens with zero attached hydrogens (tertiary/aromatic N) is 8. The largest absolute Gasteiger partial charge is 0.390 e. The van der Waals surface area contributed by atoms with Gasteiger partial charge in [0.15, 0.2) is 0 Å². The molecule has 26 heteroatoms. The van der Waals surface area contributed by atoms with Crippen molar-refractivity contribution in [3.05, 3.63) is 12.2 Å².